The number of hydrogen-bond donors (Lipinski definition) is 1. The molecule has 1 N–H and O–H groups in total. The van der Waals surface area contributed by atoms with E-state index in [1.54, 1.807) is 13.8 Å². The Bertz CT molecular complexity index is 1440. The summed E-state index contributed by atoms with van der Waals surface area (Å²) >= 11 is 0. The van der Waals surface area contributed by atoms with E-state index in [0.29, 0.717) is 26.3 Å². The van der Waals surface area contributed by atoms with Gasteiger partial charge in [0.2, 0.25) is 5.91 Å². The highest BCUT2D eigenvalue weighted by Gasteiger charge is 2.26. The lowest BCUT2D eigenvalue weighted by Crippen LogP contribution is -2.39. The second-order valence-corrected chi connectivity index (χ2v) is 10.6. The van der Waals surface area contributed by atoms with E-state index in [0.717, 1.165) is 51.2 Å². The summed E-state index contributed by atoms with van der Waals surface area (Å²) < 4.78 is 12.5. The average Bonchev–Trinajstić information content (AvgIpc) is 2.90. The van der Waals surface area contributed by atoms with Crippen LogP contribution in [0.3, 0.4) is 0 Å². The van der Waals surface area contributed by atoms with E-state index >= 15 is 0 Å². The molecule has 4 aromatic rings. The average molecular weight is 511 g/mol. The molecule has 0 unspecified atom stereocenters. The van der Waals surface area contributed by atoms with Crippen LogP contribution in [0.25, 0.3) is 10.9 Å². The molecule has 0 spiro atoms. The summed E-state index contributed by atoms with van der Waals surface area (Å²) in [6.07, 6.45) is 0.882. The summed E-state index contributed by atoms with van der Waals surface area (Å²) in [4.78, 5) is 19.3. The van der Waals surface area contributed by atoms with Crippen LogP contribution in [0.5, 0.6) is 11.5 Å². The van der Waals surface area contributed by atoms with Gasteiger partial charge >= 0.3 is 0 Å². The van der Waals surface area contributed by atoms with Crippen molar-refractivity contribution >= 4 is 16.8 Å². The number of hydrogen-bond acceptors (Lipinski definition) is 5. The molecular formula is C32H34N2O4. The first-order valence-corrected chi connectivity index (χ1v) is 13.1. The molecule has 2 heterocycles. The molecule has 0 radical (unpaired) electrons. The zero-order valence-electron chi connectivity index (χ0n) is 22.2. The Kier molecular flexibility index (Phi) is 7.34. The van der Waals surface area contributed by atoms with Gasteiger partial charge in [0.15, 0.2) is 0 Å². The van der Waals surface area contributed by atoms with Crippen molar-refractivity contribution in [3.8, 4) is 11.5 Å². The first kappa shape index (κ1) is 25.7. The molecule has 0 aliphatic carbocycles. The van der Waals surface area contributed by atoms with Gasteiger partial charge in [0.1, 0.15) is 24.7 Å². The van der Waals surface area contributed by atoms with Crippen molar-refractivity contribution in [2.75, 3.05) is 6.54 Å². The van der Waals surface area contributed by atoms with E-state index < -0.39 is 5.60 Å². The van der Waals surface area contributed by atoms with E-state index in [9.17, 15) is 9.90 Å². The number of ether oxygens (including phenoxy) is 2. The Labute approximate surface area is 223 Å². The molecule has 0 bridgehead atoms. The molecule has 5 rings (SSSR count). The fraction of sp³-hybridized carbons (Fsp3) is 0.312. The summed E-state index contributed by atoms with van der Waals surface area (Å²) in [5.41, 5.74) is 5.10. The van der Waals surface area contributed by atoms with E-state index in [1.165, 1.54) is 5.56 Å². The molecule has 0 saturated heterocycles. The monoisotopic (exact) mass is 510 g/mol. The largest absolute Gasteiger partial charge is 0.488 e. The Morgan fingerprint density at radius 2 is 1.74 bits per heavy atom. The number of carbonyl (C=O) groups excluding carboxylic acids is 1. The Balaban J connectivity index is 1.31. The van der Waals surface area contributed by atoms with Crippen LogP contribution >= 0.6 is 0 Å². The predicted octanol–water partition coefficient (Wildman–Crippen LogP) is 5.75. The highest BCUT2D eigenvalue weighted by atomic mass is 16.5. The molecule has 38 heavy (non-hydrogen) atoms. The first-order valence-electron chi connectivity index (χ1n) is 13.1. The van der Waals surface area contributed by atoms with Crippen LogP contribution in [0.15, 0.2) is 72.8 Å². The van der Waals surface area contributed by atoms with Gasteiger partial charge in [0, 0.05) is 24.0 Å². The Hall–Kier alpha value is -3.90. The van der Waals surface area contributed by atoms with Crippen LogP contribution in [0.1, 0.15) is 48.2 Å². The standard InChI is InChI=1S/C32H34N2O4/c1-22-29(33-28-12-8-7-11-27(28)31(22)38-20-23-9-5-4-6-10-23)21-37-26-14-13-25-19-34(16-15-24(25)17-26)30(35)18-32(2,3)36/h4-14,17,36H,15-16,18-21H2,1-3H3. The van der Waals surface area contributed by atoms with Crippen LogP contribution in [0, 0.1) is 6.92 Å². The predicted molar refractivity (Wildman–Crippen MR) is 148 cm³/mol. The van der Waals surface area contributed by atoms with Crippen molar-refractivity contribution < 1.29 is 19.4 Å². The van der Waals surface area contributed by atoms with E-state index in [-0.39, 0.29) is 12.3 Å². The highest BCUT2D eigenvalue weighted by molar-refractivity contribution is 5.86. The minimum Gasteiger partial charge on any atom is -0.488 e. The number of fused-ring (bicyclic) bond motifs is 2. The fourth-order valence-corrected chi connectivity index (χ4v) is 4.85. The summed E-state index contributed by atoms with van der Waals surface area (Å²) in [5.74, 6) is 1.59. The number of para-hydroxylation sites is 1. The van der Waals surface area contributed by atoms with E-state index in [4.69, 9.17) is 14.5 Å². The van der Waals surface area contributed by atoms with Crippen molar-refractivity contribution in [3.05, 3.63) is 101 Å². The normalized spacial score (nSPS) is 13.3. The minimum atomic E-state index is -1.00. The van der Waals surface area contributed by atoms with Crippen molar-refractivity contribution in [3.63, 3.8) is 0 Å². The molecular weight excluding hydrogens is 476 g/mol. The lowest BCUT2D eigenvalue weighted by atomic mass is 9.98. The summed E-state index contributed by atoms with van der Waals surface area (Å²) in [5, 5.41) is 11.0. The van der Waals surface area contributed by atoms with Crippen molar-refractivity contribution in [2.24, 2.45) is 0 Å². The Morgan fingerprint density at radius 1 is 0.974 bits per heavy atom. The molecule has 6 nitrogen and oxygen atoms in total. The summed E-state index contributed by atoms with van der Waals surface area (Å²) in [7, 11) is 0. The van der Waals surface area contributed by atoms with Gasteiger partial charge in [0.05, 0.1) is 23.2 Å². The summed E-state index contributed by atoms with van der Waals surface area (Å²) in [6, 6.07) is 24.2. The lowest BCUT2D eigenvalue weighted by molar-refractivity contribution is -0.136. The molecule has 1 aliphatic rings. The Morgan fingerprint density at radius 3 is 2.53 bits per heavy atom. The third kappa shape index (κ3) is 5.97. The van der Waals surface area contributed by atoms with Gasteiger partial charge in [-0.15, -0.1) is 0 Å². The number of benzene rings is 3. The van der Waals surface area contributed by atoms with E-state index in [2.05, 4.69) is 18.2 Å². The molecule has 3 aromatic carbocycles. The number of carbonyl (C=O) groups is 1. The number of pyridine rings is 1. The van der Waals surface area contributed by atoms with E-state index in [1.807, 2.05) is 66.4 Å². The van der Waals surface area contributed by atoms with Gasteiger partial charge in [-0.2, -0.15) is 0 Å². The number of rotatable bonds is 8. The third-order valence-electron chi connectivity index (χ3n) is 6.91. The van der Waals surface area contributed by atoms with Crippen molar-refractivity contribution in [2.45, 2.75) is 59.0 Å². The fourth-order valence-electron chi connectivity index (χ4n) is 4.85. The maximum atomic E-state index is 12.6. The number of amides is 1. The molecule has 0 fully saturated rings. The molecule has 0 atom stereocenters. The quantitative estimate of drug-likeness (QED) is 0.327. The molecule has 196 valence electrons. The topological polar surface area (TPSA) is 71.9 Å². The zero-order chi connectivity index (χ0) is 26.7. The molecule has 1 aliphatic heterocycles. The van der Waals surface area contributed by atoms with Crippen molar-refractivity contribution in [1.82, 2.24) is 9.88 Å². The molecule has 6 heteroatoms. The van der Waals surface area contributed by atoms with Gasteiger partial charge in [-0.25, -0.2) is 4.98 Å². The van der Waals surface area contributed by atoms with Gasteiger partial charge < -0.3 is 19.5 Å². The zero-order valence-corrected chi connectivity index (χ0v) is 22.2. The number of nitrogens with zero attached hydrogens (tertiary/aromatic N) is 2. The second-order valence-electron chi connectivity index (χ2n) is 10.6. The third-order valence-corrected chi connectivity index (χ3v) is 6.91. The van der Waals surface area contributed by atoms with Crippen LogP contribution in [0.2, 0.25) is 0 Å². The number of aliphatic hydroxyl groups is 1. The smallest absolute Gasteiger partial charge is 0.225 e. The van der Waals surface area contributed by atoms with Crippen LogP contribution in [-0.4, -0.2) is 33.0 Å². The second kappa shape index (κ2) is 10.8. The van der Waals surface area contributed by atoms with Crippen molar-refractivity contribution in [1.29, 1.82) is 0 Å². The van der Waals surface area contributed by atoms with Gasteiger partial charge in [-0.3, -0.25) is 4.79 Å². The molecule has 0 saturated carbocycles. The van der Waals surface area contributed by atoms with Crippen LogP contribution in [0.4, 0.5) is 0 Å². The maximum Gasteiger partial charge on any atom is 0.225 e. The van der Waals surface area contributed by atoms with Crippen LogP contribution in [-0.2, 0) is 31.0 Å². The number of aromatic nitrogens is 1. The maximum absolute atomic E-state index is 12.6. The molecule has 1 aromatic heterocycles. The van der Waals surface area contributed by atoms with Crippen LogP contribution < -0.4 is 9.47 Å². The SMILES string of the molecule is Cc1c(COc2ccc3c(c2)CCN(C(=O)CC(C)(C)O)C3)nc2ccccc2c1OCc1ccccc1. The molecule has 1 amide bonds. The summed E-state index contributed by atoms with van der Waals surface area (Å²) in [6.45, 7) is 7.36. The van der Waals surface area contributed by atoms with Gasteiger partial charge in [0.25, 0.3) is 0 Å². The lowest BCUT2D eigenvalue weighted by Gasteiger charge is -2.31. The first-order chi connectivity index (χ1) is 18.3. The van der Waals surface area contributed by atoms with Gasteiger partial charge in [-0.05, 0) is 68.1 Å². The highest BCUT2D eigenvalue weighted by Crippen LogP contribution is 2.32. The van der Waals surface area contributed by atoms with Gasteiger partial charge in [-0.1, -0.05) is 48.5 Å². The minimum absolute atomic E-state index is 0.0217.